The van der Waals surface area contributed by atoms with Gasteiger partial charge in [0.2, 0.25) is 10.0 Å². The van der Waals surface area contributed by atoms with Gasteiger partial charge in [-0.25, -0.2) is 12.7 Å². The summed E-state index contributed by atoms with van der Waals surface area (Å²) < 4.78 is 30.7. The molecule has 0 amide bonds. The average Bonchev–Trinajstić information content (AvgIpc) is 2.50. The highest BCUT2D eigenvalue weighted by atomic mass is 32.2. The van der Waals surface area contributed by atoms with E-state index in [0.29, 0.717) is 18.8 Å². The fourth-order valence-electron chi connectivity index (χ4n) is 2.53. The molecular weight excluding hydrogens is 226 g/mol. The standard InChI is InChI=1S/C11H21NO3S/c1-10-8-12(16(13,14)9-10)6-5-11-4-2-3-7-15-11/h10-11H,2-9H2,1H3. The van der Waals surface area contributed by atoms with Crippen LogP contribution in [0.4, 0.5) is 0 Å². The zero-order valence-electron chi connectivity index (χ0n) is 9.89. The molecule has 2 unspecified atom stereocenters. The molecule has 2 saturated heterocycles. The Morgan fingerprint density at radius 1 is 1.38 bits per heavy atom. The van der Waals surface area contributed by atoms with Crippen molar-refractivity contribution < 1.29 is 13.2 Å². The second kappa shape index (κ2) is 5.02. The summed E-state index contributed by atoms with van der Waals surface area (Å²) in [6.07, 6.45) is 4.58. The molecule has 0 aromatic rings. The maximum Gasteiger partial charge on any atom is 0.214 e. The van der Waals surface area contributed by atoms with Crippen LogP contribution in [0.3, 0.4) is 0 Å². The third kappa shape index (κ3) is 2.96. The smallest absolute Gasteiger partial charge is 0.214 e. The van der Waals surface area contributed by atoms with E-state index in [1.165, 1.54) is 6.42 Å². The molecule has 16 heavy (non-hydrogen) atoms. The lowest BCUT2D eigenvalue weighted by Gasteiger charge is -2.24. The largest absolute Gasteiger partial charge is 0.378 e. The molecule has 2 fully saturated rings. The second-order valence-corrected chi connectivity index (χ2v) is 7.03. The molecule has 0 radical (unpaired) electrons. The zero-order chi connectivity index (χ0) is 11.6. The number of sulfonamides is 1. The SMILES string of the molecule is CC1CN(CCC2CCCCO2)S(=O)(=O)C1. The van der Waals surface area contributed by atoms with Crippen molar-refractivity contribution >= 4 is 10.0 Å². The normalized spacial score (nSPS) is 35.3. The summed E-state index contributed by atoms with van der Waals surface area (Å²) in [5.74, 6) is 0.593. The first-order valence-corrected chi connectivity index (χ1v) is 7.78. The van der Waals surface area contributed by atoms with Gasteiger partial charge >= 0.3 is 0 Å². The van der Waals surface area contributed by atoms with Crippen LogP contribution in [0.2, 0.25) is 0 Å². The number of ether oxygens (including phenoxy) is 1. The summed E-state index contributed by atoms with van der Waals surface area (Å²) >= 11 is 0. The predicted octanol–water partition coefficient (Wildman–Crippen LogP) is 1.23. The van der Waals surface area contributed by atoms with Crippen molar-refractivity contribution in [2.75, 3.05) is 25.4 Å². The molecule has 2 aliphatic rings. The van der Waals surface area contributed by atoms with E-state index in [4.69, 9.17) is 4.74 Å². The van der Waals surface area contributed by atoms with Crippen molar-refractivity contribution in [1.29, 1.82) is 0 Å². The Balaban J connectivity index is 1.81. The highest BCUT2D eigenvalue weighted by Gasteiger charge is 2.33. The molecule has 94 valence electrons. The van der Waals surface area contributed by atoms with Crippen LogP contribution >= 0.6 is 0 Å². The van der Waals surface area contributed by atoms with E-state index in [9.17, 15) is 8.42 Å². The lowest BCUT2D eigenvalue weighted by molar-refractivity contribution is 0.00896. The van der Waals surface area contributed by atoms with Gasteiger partial charge in [0.15, 0.2) is 0 Å². The van der Waals surface area contributed by atoms with Crippen molar-refractivity contribution in [3.63, 3.8) is 0 Å². The van der Waals surface area contributed by atoms with Gasteiger partial charge in [-0.2, -0.15) is 0 Å². The van der Waals surface area contributed by atoms with Crippen molar-refractivity contribution in [1.82, 2.24) is 4.31 Å². The Hall–Kier alpha value is -0.130. The molecule has 0 aromatic carbocycles. The monoisotopic (exact) mass is 247 g/mol. The maximum absolute atomic E-state index is 11.7. The van der Waals surface area contributed by atoms with Crippen molar-refractivity contribution in [3.8, 4) is 0 Å². The molecule has 2 aliphatic heterocycles. The van der Waals surface area contributed by atoms with E-state index in [1.807, 2.05) is 6.92 Å². The van der Waals surface area contributed by atoms with Crippen LogP contribution in [0.5, 0.6) is 0 Å². The van der Waals surface area contributed by atoms with Gasteiger partial charge < -0.3 is 4.74 Å². The van der Waals surface area contributed by atoms with Gasteiger partial charge in [0, 0.05) is 19.7 Å². The molecule has 0 aliphatic carbocycles. The topological polar surface area (TPSA) is 46.6 Å². The molecule has 0 saturated carbocycles. The van der Waals surface area contributed by atoms with E-state index in [2.05, 4.69) is 0 Å². The molecule has 0 spiro atoms. The van der Waals surface area contributed by atoms with Crippen LogP contribution in [0.1, 0.15) is 32.6 Å². The molecular formula is C11H21NO3S. The lowest BCUT2D eigenvalue weighted by Crippen LogP contribution is -2.31. The van der Waals surface area contributed by atoms with Crippen molar-refractivity contribution in [2.45, 2.75) is 38.7 Å². The van der Waals surface area contributed by atoms with Crippen LogP contribution < -0.4 is 0 Å². The fraction of sp³-hybridized carbons (Fsp3) is 1.00. The lowest BCUT2D eigenvalue weighted by atomic mass is 10.1. The van der Waals surface area contributed by atoms with Gasteiger partial charge in [0.25, 0.3) is 0 Å². The average molecular weight is 247 g/mol. The summed E-state index contributed by atoms with van der Waals surface area (Å²) in [7, 11) is -2.96. The summed E-state index contributed by atoms with van der Waals surface area (Å²) in [5, 5.41) is 0. The van der Waals surface area contributed by atoms with Gasteiger partial charge in [-0.1, -0.05) is 6.92 Å². The first kappa shape index (κ1) is 12.3. The number of hydrogen-bond acceptors (Lipinski definition) is 3. The highest BCUT2D eigenvalue weighted by molar-refractivity contribution is 7.89. The Labute approximate surface area is 98.0 Å². The van der Waals surface area contributed by atoms with E-state index in [0.717, 1.165) is 25.9 Å². The highest BCUT2D eigenvalue weighted by Crippen LogP contribution is 2.21. The minimum atomic E-state index is -2.96. The Morgan fingerprint density at radius 2 is 2.19 bits per heavy atom. The third-order valence-corrected chi connectivity index (χ3v) is 5.49. The summed E-state index contributed by atoms with van der Waals surface area (Å²) in [6, 6.07) is 0. The van der Waals surface area contributed by atoms with E-state index in [-0.39, 0.29) is 12.0 Å². The molecule has 0 aromatic heterocycles. The van der Waals surface area contributed by atoms with E-state index >= 15 is 0 Å². The predicted molar refractivity (Wildman–Crippen MR) is 62.7 cm³/mol. The molecule has 2 atom stereocenters. The number of rotatable bonds is 3. The van der Waals surface area contributed by atoms with Gasteiger partial charge in [0.05, 0.1) is 11.9 Å². The van der Waals surface area contributed by atoms with Crippen LogP contribution in [0, 0.1) is 5.92 Å². The summed E-state index contributed by atoms with van der Waals surface area (Å²) in [4.78, 5) is 0. The second-order valence-electron chi connectivity index (χ2n) is 5.02. The van der Waals surface area contributed by atoms with Crippen LogP contribution in [0.15, 0.2) is 0 Å². The van der Waals surface area contributed by atoms with Gasteiger partial charge in [-0.15, -0.1) is 0 Å². The van der Waals surface area contributed by atoms with Crippen LogP contribution in [-0.2, 0) is 14.8 Å². The van der Waals surface area contributed by atoms with E-state index < -0.39 is 10.0 Å². The zero-order valence-corrected chi connectivity index (χ0v) is 10.7. The first-order chi connectivity index (χ1) is 7.58. The molecule has 2 rings (SSSR count). The summed E-state index contributed by atoms with van der Waals surface area (Å²) in [6.45, 7) is 4.16. The Morgan fingerprint density at radius 3 is 2.75 bits per heavy atom. The maximum atomic E-state index is 11.7. The quantitative estimate of drug-likeness (QED) is 0.753. The molecule has 5 heteroatoms. The molecule has 4 nitrogen and oxygen atoms in total. The third-order valence-electron chi connectivity index (χ3n) is 3.38. The number of hydrogen-bond donors (Lipinski definition) is 0. The molecule has 2 heterocycles. The first-order valence-electron chi connectivity index (χ1n) is 6.17. The van der Waals surface area contributed by atoms with Gasteiger partial charge in [-0.05, 0) is 31.6 Å². The Bertz CT molecular complexity index is 322. The van der Waals surface area contributed by atoms with Crippen LogP contribution in [0.25, 0.3) is 0 Å². The fourth-order valence-corrected chi connectivity index (χ4v) is 4.43. The molecule has 0 N–H and O–H groups in total. The number of nitrogens with zero attached hydrogens (tertiary/aromatic N) is 1. The minimum absolute atomic E-state index is 0.275. The van der Waals surface area contributed by atoms with Crippen molar-refractivity contribution in [3.05, 3.63) is 0 Å². The van der Waals surface area contributed by atoms with Gasteiger partial charge in [0.1, 0.15) is 0 Å². The molecule has 0 bridgehead atoms. The van der Waals surface area contributed by atoms with Crippen molar-refractivity contribution in [2.24, 2.45) is 5.92 Å². The summed E-state index contributed by atoms with van der Waals surface area (Å²) in [5.41, 5.74) is 0. The minimum Gasteiger partial charge on any atom is -0.378 e. The van der Waals surface area contributed by atoms with Crippen LogP contribution in [-0.4, -0.2) is 44.3 Å². The Kier molecular flexibility index (Phi) is 3.87. The van der Waals surface area contributed by atoms with E-state index in [1.54, 1.807) is 4.31 Å². The van der Waals surface area contributed by atoms with Gasteiger partial charge in [-0.3, -0.25) is 0 Å².